The van der Waals surface area contributed by atoms with Gasteiger partial charge in [-0.25, -0.2) is 0 Å². The third kappa shape index (κ3) is 5.92. The maximum absolute atomic E-state index is 13.1. The van der Waals surface area contributed by atoms with E-state index >= 15 is 0 Å². The molecular weight excluding hydrogens is 412 g/mol. The number of carbonyl (C=O) groups is 2. The van der Waals surface area contributed by atoms with Gasteiger partial charge in [-0.3, -0.25) is 9.59 Å². The highest BCUT2D eigenvalue weighted by Gasteiger charge is 2.32. The van der Waals surface area contributed by atoms with Crippen molar-refractivity contribution in [3.63, 3.8) is 0 Å². The molecule has 172 valence electrons. The van der Waals surface area contributed by atoms with Crippen molar-refractivity contribution in [2.45, 2.75) is 53.0 Å². The van der Waals surface area contributed by atoms with E-state index in [0.717, 1.165) is 43.9 Å². The number of carbonyl (C=O) groups excluding carboxylic acids is 2. The van der Waals surface area contributed by atoms with E-state index in [9.17, 15) is 9.59 Å². The predicted octanol–water partition coefficient (Wildman–Crippen LogP) is 3.36. The highest BCUT2D eigenvalue weighted by atomic mass is 35.5. The van der Waals surface area contributed by atoms with Crippen LogP contribution in [0.25, 0.3) is 0 Å². The van der Waals surface area contributed by atoms with Gasteiger partial charge in [-0.2, -0.15) is 0 Å². The minimum atomic E-state index is -0.203. The van der Waals surface area contributed by atoms with Crippen molar-refractivity contribution in [2.24, 2.45) is 17.8 Å². The second kappa shape index (κ2) is 10.7. The molecule has 0 spiro atoms. The zero-order valence-corrected chi connectivity index (χ0v) is 20.0. The van der Waals surface area contributed by atoms with E-state index in [1.54, 1.807) is 6.07 Å². The van der Waals surface area contributed by atoms with Gasteiger partial charge in [0.2, 0.25) is 5.91 Å². The Labute approximate surface area is 191 Å². The summed E-state index contributed by atoms with van der Waals surface area (Å²) in [6.07, 6.45) is 3.27. The van der Waals surface area contributed by atoms with E-state index in [4.69, 9.17) is 11.6 Å². The number of nitrogens with one attached hydrogen (secondary N) is 3. The maximum atomic E-state index is 13.1. The quantitative estimate of drug-likeness (QED) is 0.598. The molecule has 0 bridgehead atoms. The van der Waals surface area contributed by atoms with Crippen molar-refractivity contribution in [3.05, 3.63) is 28.3 Å². The zero-order valence-electron chi connectivity index (χ0n) is 19.3. The lowest BCUT2D eigenvalue weighted by atomic mass is 9.84. The highest BCUT2D eigenvalue weighted by molar-refractivity contribution is 6.31. The minimum Gasteiger partial charge on any atom is -0.371 e. The molecule has 0 saturated carbocycles. The summed E-state index contributed by atoms with van der Waals surface area (Å²) >= 11 is 6.44. The molecule has 6 nitrogen and oxygen atoms in total. The van der Waals surface area contributed by atoms with Crippen LogP contribution in [0.3, 0.4) is 0 Å². The molecule has 2 aliphatic heterocycles. The molecule has 3 rings (SSSR count). The number of halogens is 1. The predicted molar refractivity (Wildman–Crippen MR) is 127 cm³/mol. The number of nitrogens with zero attached hydrogens (tertiary/aromatic N) is 1. The first-order valence-corrected chi connectivity index (χ1v) is 12.0. The smallest absolute Gasteiger partial charge is 0.251 e. The molecule has 7 heteroatoms. The van der Waals surface area contributed by atoms with Crippen LogP contribution in [0.4, 0.5) is 5.69 Å². The molecule has 31 heavy (non-hydrogen) atoms. The molecular formula is C24H37ClN4O2. The zero-order chi connectivity index (χ0) is 22.5. The molecule has 2 amide bonds. The van der Waals surface area contributed by atoms with E-state index in [0.29, 0.717) is 23.0 Å². The van der Waals surface area contributed by atoms with E-state index in [2.05, 4.69) is 34.7 Å². The van der Waals surface area contributed by atoms with Crippen molar-refractivity contribution in [3.8, 4) is 0 Å². The van der Waals surface area contributed by atoms with E-state index in [-0.39, 0.29) is 29.7 Å². The second-order valence-corrected chi connectivity index (χ2v) is 9.71. The third-order valence-electron chi connectivity index (χ3n) is 6.87. The van der Waals surface area contributed by atoms with Crippen LogP contribution in [0, 0.1) is 24.7 Å². The van der Waals surface area contributed by atoms with Crippen LogP contribution in [0.5, 0.6) is 0 Å². The van der Waals surface area contributed by atoms with Crippen molar-refractivity contribution in [1.82, 2.24) is 16.0 Å². The van der Waals surface area contributed by atoms with Crippen LogP contribution >= 0.6 is 11.6 Å². The Bertz CT molecular complexity index is 794. The van der Waals surface area contributed by atoms with Gasteiger partial charge in [0.25, 0.3) is 5.91 Å². The summed E-state index contributed by atoms with van der Waals surface area (Å²) in [7, 11) is 0. The van der Waals surface area contributed by atoms with Gasteiger partial charge in [-0.1, -0.05) is 18.5 Å². The Kier molecular flexibility index (Phi) is 8.23. The SMILES string of the molecule is CCN(CC1CCNCC1)c1cc(Cl)cc(C(=O)NCC2C(=O)NC(C)CC2C)c1C. The van der Waals surface area contributed by atoms with Crippen molar-refractivity contribution in [1.29, 1.82) is 0 Å². The highest BCUT2D eigenvalue weighted by Crippen LogP contribution is 2.30. The Morgan fingerprint density at radius 2 is 1.97 bits per heavy atom. The average molecular weight is 449 g/mol. The first-order chi connectivity index (χ1) is 14.8. The molecule has 2 heterocycles. The largest absolute Gasteiger partial charge is 0.371 e. The van der Waals surface area contributed by atoms with E-state index < -0.39 is 0 Å². The molecule has 1 aromatic rings. The van der Waals surface area contributed by atoms with Gasteiger partial charge in [0.1, 0.15) is 0 Å². The van der Waals surface area contributed by atoms with Gasteiger partial charge in [-0.05, 0) is 82.7 Å². The fourth-order valence-corrected chi connectivity index (χ4v) is 5.20. The fraction of sp³-hybridized carbons (Fsp3) is 0.667. The second-order valence-electron chi connectivity index (χ2n) is 9.27. The molecule has 1 aromatic carbocycles. The molecule has 0 aliphatic carbocycles. The summed E-state index contributed by atoms with van der Waals surface area (Å²) in [5.74, 6) is 0.532. The monoisotopic (exact) mass is 448 g/mol. The number of rotatable bonds is 7. The van der Waals surface area contributed by atoms with Gasteiger partial charge in [-0.15, -0.1) is 0 Å². The number of piperidine rings is 2. The molecule has 2 aliphatic rings. The Morgan fingerprint density at radius 1 is 1.26 bits per heavy atom. The first kappa shape index (κ1) is 23.9. The molecule has 3 N–H and O–H groups in total. The average Bonchev–Trinajstić information content (AvgIpc) is 2.73. The van der Waals surface area contributed by atoms with Gasteiger partial charge >= 0.3 is 0 Å². The number of hydrogen-bond acceptors (Lipinski definition) is 4. The normalized spacial score (nSPS) is 24.5. The van der Waals surface area contributed by atoms with Gasteiger partial charge in [0, 0.05) is 41.9 Å². The van der Waals surface area contributed by atoms with Crippen LogP contribution in [-0.4, -0.2) is 50.6 Å². The first-order valence-electron chi connectivity index (χ1n) is 11.6. The number of benzene rings is 1. The van der Waals surface area contributed by atoms with Crippen molar-refractivity contribution >= 4 is 29.1 Å². The summed E-state index contributed by atoms with van der Waals surface area (Å²) in [5, 5.41) is 9.97. The molecule has 2 fully saturated rings. The lowest BCUT2D eigenvalue weighted by Crippen LogP contribution is -2.50. The van der Waals surface area contributed by atoms with E-state index in [1.165, 1.54) is 12.8 Å². The summed E-state index contributed by atoms with van der Waals surface area (Å²) in [6.45, 7) is 12.5. The molecule has 3 atom stereocenters. The lowest BCUT2D eigenvalue weighted by Gasteiger charge is -2.33. The van der Waals surface area contributed by atoms with Crippen LogP contribution in [0.1, 0.15) is 56.0 Å². The lowest BCUT2D eigenvalue weighted by molar-refractivity contribution is -0.129. The summed E-state index contributed by atoms with van der Waals surface area (Å²) in [4.78, 5) is 27.8. The maximum Gasteiger partial charge on any atom is 0.251 e. The number of hydrogen-bond donors (Lipinski definition) is 3. The number of anilines is 1. The van der Waals surface area contributed by atoms with Crippen LogP contribution < -0.4 is 20.9 Å². The van der Waals surface area contributed by atoms with Crippen LogP contribution in [0.15, 0.2) is 12.1 Å². The number of amides is 2. The van der Waals surface area contributed by atoms with Gasteiger partial charge in [0.05, 0.1) is 5.92 Å². The molecule has 3 unspecified atom stereocenters. The standard InChI is InChI=1S/C24H37ClN4O2/c1-5-29(14-18-6-8-26-9-7-18)22-12-19(25)11-20(17(22)4)23(30)27-13-21-15(2)10-16(3)28-24(21)31/h11-12,15-16,18,21,26H,5-10,13-14H2,1-4H3,(H,27,30)(H,28,31). The van der Waals surface area contributed by atoms with Gasteiger partial charge < -0.3 is 20.9 Å². The third-order valence-corrected chi connectivity index (χ3v) is 7.09. The molecule has 0 radical (unpaired) electrons. The summed E-state index contributed by atoms with van der Waals surface area (Å²) in [6, 6.07) is 3.89. The van der Waals surface area contributed by atoms with Crippen molar-refractivity contribution < 1.29 is 9.59 Å². The molecule has 2 saturated heterocycles. The minimum absolute atomic E-state index is 0.0224. The van der Waals surface area contributed by atoms with Crippen LogP contribution in [-0.2, 0) is 4.79 Å². The fourth-order valence-electron chi connectivity index (χ4n) is 4.98. The molecule has 0 aromatic heterocycles. The van der Waals surface area contributed by atoms with Crippen LogP contribution in [0.2, 0.25) is 5.02 Å². The Morgan fingerprint density at radius 3 is 2.61 bits per heavy atom. The summed E-state index contributed by atoms with van der Waals surface area (Å²) < 4.78 is 0. The van der Waals surface area contributed by atoms with Crippen molar-refractivity contribution in [2.75, 3.05) is 37.6 Å². The summed E-state index contributed by atoms with van der Waals surface area (Å²) in [5.41, 5.74) is 2.55. The van der Waals surface area contributed by atoms with Gasteiger partial charge in [0.15, 0.2) is 0 Å². The topological polar surface area (TPSA) is 73.5 Å². The Balaban J connectivity index is 1.72. The van der Waals surface area contributed by atoms with E-state index in [1.807, 2.05) is 19.9 Å². The Hall–Kier alpha value is -1.79.